The molecule has 0 unspecified atom stereocenters. The lowest BCUT2D eigenvalue weighted by Gasteiger charge is -2.17. The molecule has 0 spiro atoms. The van der Waals surface area contributed by atoms with Crippen LogP contribution in [0.4, 0.5) is 5.69 Å². The third kappa shape index (κ3) is 4.17. The summed E-state index contributed by atoms with van der Waals surface area (Å²) in [5.41, 5.74) is 3.18. The summed E-state index contributed by atoms with van der Waals surface area (Å²) in [4.78, 5) is 31.6. The van der Waals surface area contributed by atoms with Crippen molar-refractivity contribution < 1.29 is 14.3 Å². The smallest absolute Gasteiger partial charge is 0.337 e. The summed E-state index contributed by atoms with van der Waals surface area (Å²) in [6.07, 6.45) is 2.74. The number of carbonyl (C=O) groups is 2. The number of thioether (sulfide) groups is 1. The highest BCUT2D eigenvalue weighted by molar-refractivity contribution is 8.19. The average Bonchev–Trinajstić information content (AvgIpc) is 3.02. The minimum atomic E-state index is -0.384. The van der Waals surface area contributed by atoms with Gasteiger partial charge in [0.05, 0.1) is 23.3 Å². The summed E-state index contributed by atoms with van der Waals surface area (Å²) in [6.45, 7) is 4.71. The van der Waals surface area contributed by atoms with Gasteiger partial charge in [0.2, 0.25) is 0 Å². The van der Waals surface area contributed by atoms with Crippen molar-refractivity contribution in [3.8, 4) is 0 Å². The second kappa shape index (κ2) is 8.89. The summed E-state index contributed by atoms with van der Waals surface area (Å²) >= 11 is 1.38. The van der Waals surface area contributed by atoms with Crippen LogP contribution in [0.25, 0.3) is 6.08 Å². The molecule has 1 aliphatic heterocycles. The Morgan fingerprint density at radius 1 is 1.18 bits per heavy atom. The molecule has 0 bridgehead atoms. The van der Waals surface area contributed by atoms with E-state index in [0.29, 0.717) is 22.2 Å². The van der Waals surface area contributed by atoms with Gasteiger partial charge in [0, 0.05) is 6.54 Å². The fourth-order valence-electron chi connectivity index (χ4n) is 2.80. The number of benzene rings is 2. The fourth-order valence-corrected chi connectivity index (χ4v) is 3.80. The Kier molecular flexibility index (Phi) is 6.31. The summed E-state index contributed by atoms with van der Waals surface area (Å²) in [5.74, 6) is -0.476. The third-order valence-electron chi connectivity index (χ3n) is 4.26. The number of carbonyl (C=O) groups excluding carboxylic acids is 2. The minimum absolute atomic E-state index is 0.0915. The number of hydrogen-bond acceptors (Lipinski definition) is 5. The highest BCUT2D eigenvalue weighted by Crippen LogP contribution is 2.37. The summed E-state index contributed by atoms with van der Waals surface area (Å²) in [5, 5.41) is 0.693. The number of amidine groups is 1. The molecule has 3 rings (SSSR count). The predicted molar refractivity (Wildman–Crippen MR) is 115 cm³/mol. The van der Waals surface area contributed by atoms with Gasteiger partial charge in [-0.15, -0.1) is 0 Å². The van der Waals surface area contributed by atoms with Crippen molar-refractivity contribution in [2.24, 2.45) is 4.99 Å². The van der Waals surface area contributed by atoms with Gasteiger partial charge >= 0.3 is 5.97 Å². The zero-order valence-electron chi connectivity index (χ0n) is 16.1. The Morgan fingerprint density at radius 2 is 1.89 bits per heavy atom. The molecule has 0 saturated carbocycles. The maximum absolute atomic E-state index is 13.1. The van der Waals surface area contributed by atoms with E-state index in [0.717, 1.165) is 23.2 Å². The molecule has 2 aromatic carbocycles. The van der Waals surface area contributed by atoms with Crippen LogP contribution in [-0.2, 0) is 9.53 Å². The van der Waals surface area contributed by atoms with Crippen molar-refractivity contribution in [1.82, 2.24) is 0 Å². The predicted octanol–water partition coefficient (Wildman–Crippen LogP) is 4.67. The van der Waals surface area contributed by atoms with Crippen LogP contribution in [0.2, 0.25) is 0 Å². The summed E-state index contributed by atoms with van der Waals surface area (Å²) in [6, 6.07) is 14.8. The fraction of sp³-hybridized carbons (Fsp3) is 0.227. The molecule has 5 nitrogen and oxygen atoms in total. The van der Waals surface area contributed by atoms with Gasteiger partial charge in [0.25, 0.3) is 5.91 Å². The number of aliphatic imine (C=N–C) groups is 1. The van der Waals surface area contributed by atoms with Crippen LogP contribution in [0.15, 0.2) is 58.4 Å². The SMILES string of the molecule is CCCN=C1S/C(=C\c2ccc(C(=O)OC)cc2)C(=O)N1c1ccccc1C. The molecule has 1 aliphatic rings. The molecular formula is C22H22N2O3S. The van der Waals surface area contributed by atoms with E-state index in [9.17, 15) is 9.59 Å². The van der Waals surface area contributed by atoms with E-state index < -0.39 is 0 Å². The van der Waals surface area contributed by atoms with Gasteiger partial charge in [-0.1, -0.05) is 37.3 Å². The lowest BCUT2D eigenvalue weighted by atomic mass is 10.1. The highest BCUT2D eigenvalue weighted by Gasteiger charge is 2.35. The molecular weight excluding hydrogens is 372 g/mol. The molecule has 0 aromatic heterocycles. The van der Waals surface area contributed by atoms with E-state index in [1.807, 2.05) is 37.3 Å². The quantitative estimate of drug-likeness (QED) is 0.546. The van der Waals surface area contributed by atoms with Crippen LogP contribution < -0.4 is 4.90 Å². The molecule has 6 heteroatoms. The van der Waals surface area contributed by atoms with Gasteiger partial charge < -0.3 is 4.74 Å². The number of rotatable bonds is 5. The monoisotopic (exact) mass is 394 g/mol. The first-order valence-corrected chi connectivity index (χ1v) is 9.89. The van der Waals surface area contributed by atoms with E-state index in [1.165, 1.54) is 18.9 Å². The summed E-state index contributed by atoms with van der Waals surface area (Å²) < 4.78 is 4.72. The number of esters is 1. The Labute approximate surface area is 169 Å². The Bertz CT molecular complexity index is 949. The first kappa shape index (κ1) is 19.9. The third-order valence-corrected chi connectivity index (χ3v) is 5.27. The zero-order valence-corrected chi connectivity index (χ0v) is 17.0. The normalized spacial score (nSPS) is 16.8. The van der Waals surface area contributed by atoms with E-state index in [2.05, 4.69) is 11.9 Å². The molecule has 0 aliphatic carbocycles. The molecule has 1 amide bonds. The van der Waals surface area contributed by atoms with Crippen LogP contribution in [0.3, 0.4) is 0 Å². The largest absolute Gasteiger partial charge is 0.465 e. The molecule has 0 atom stereocenters. The number of hydrogen-bond donors (Lipinski definition) is 0. The molecule has 1 saturated heterocycles. The number of nitrogens with zero attached hydrogens (tertiary/aromatic N) is 2. The lowest BCUT2D eigenvalue weighted by molar-refractivity contribution is -0.113. The van der Waals surface area contributed by atoms with Crippen LogP contribution in [0, 0.1) is 6.92 Å². The second-order valence-electron chi connectivity index (χ2n) is 6.32. The number of para-hydroxylation sites is 1. The van der Waals surface area contributed by atoms with Crippen molar-refractivity contribution >= 4 is 40.6 Å². The van der Waals surface area contributed by atoms with Crippen molar-refractivity contribution in [3.63, 3.8) is 0 Å². The van der Waals surface area contributed by atoms with Crippen molar-refractivity contribution in [1.29, 1.82) is 0 Å². The molecule has 144 valence electrons. The van der Waals surface area contributed by atoms with Crippen molar-refractivity contribution in [3.05, 3.63) is 70.1 Å². The molecule has 0 N–H and O–H groups in total. The van der Waals surface area contributed by atoms with E-state index in [-0.39, 0.29) is 11.9 Å². The van der Waals surface area contributed by atoms with Crippen LogP contribution in [0.1, 0.15) is 34.8 Å². The van der Waals surface area contributed by atoms with Crippen molar-refractivity contribution in [2.45, 2.75) is 20.3 Å². The topological polar surface area (TPSA) is 59.0 Å². The van der Waals surface area contributed by atoms with Gasteiger partial charge in [0.1, 0.15) is 0 Å². The molecule has 1 fully saturated rings. The van der Waals surface area contributed by atoms with Gasteiger partial charge in [-0.2, -0.15) is 0 Å². The first-order chi connectivity index (χ1) is 13.5. The average molecular weight is 394 g/mol. The Hall–Kier alpha value is -2.86. The van der Waals surface area contributed by atoms with E-state index in [1.54, 1.807) is 29.2 Å². The number of ether oxygens (including phenoxy) is 1. The van der Waals surface area contributed by atoms with Gasteiger partial charge in [-0.25, -0.2) is 4.79 Å². The van der Waals surface area contributed by atoms with E-state index >= 15 is 0 Å². The van der Waals surface area contributed by atoms with Crippen LogP contribution in [0.5, 0.6) is 0 Å². The first-order valence-electron chi connectivity index (χ1n) is 9.07. The lowest BCUT2D eigenvalue weighted by Crippen LogP contribution is -2.29. The highest BCUT2D eigenvalue weighted by atomic mass is 32.2. The second-order valence-corrected chi connectivity index (χ2v) is 7.32. The molecule has 0 radical (unpaired) electrons. The number of methoxy groups -OCH3 is 1. The maximum atomic E-state index is 13.1. The van der Waals surface area contributed by atoms with Crippen LogP contribution >= 0.6 is 11.8 Å². The number of anilines is 1. The van der Waals surface area contributed by atoms with Gasteiger partial charge in [0.15, 0.2) is 5.17 Å². The zero-order chi connectivity index (χ0) is 20.1. The summed E-state index contributed by atoms with van der Waals surface area (Å²) in [7, 11) is 1.35. The number of aryl methyl sites for hydroxylation is 1. The number of amides is 1. The molecule has 1 heterocycles. The van der Waals surface area contributed by atoms with Gasteiger partial charge in [-0.05, 0) is 60.5 Å². The standard InChI is InChI=1S/C22H22N2O3S/c1-4-13-23-22-24(18-8-6-5-7-15(18)2)20(25)19(28-22)14-16-9-11-17(12-10-16)21(26)27-3/h5-12,14H,4,13H2,1-3H3/b19-14-,23-22?. The van der Waals surface area contributed by atoms with E-state index in [4.69, 9.17) is 4.74 Å². The Balaban J connectivity index is 1.95. The van der Waals surface area contributed by atoms with Gasteiger partial charge in [-0.3, -0.25) is 14.7 Å². The van der Waals surface area contributed by atoms with Crippen LogP contribution in [-0.4, -0.2) is 30.7 Å². The minimum Gasteiger partial charge on any atom is -0.465 e. The molecule has 28 heavy (non-hydrogen) atoms. The Morgan fingerprint density at radius 3 is 2.54 bits per heavy atom. The molecule has 2 aromatic rings. The van der Waals surface area contributed by atoms with Crippen molar-refractivity contribution in [2.75, 3.05) is 18.6 Å². The maximum Gasteiger partial charge on any atom is 0.337 e.